The highest BCUT2D eigenvalue weighted by Crippen LogP contribution is 2.41. The summed E-state index contributed by atoms with van der Waals surface area (Å²) in [5.41, 5.74) is 9.27. The molecule has 0 amide bonds. The van der Waals surface area contributed by atoms with Gasteiger partial charge in [-0.05, 0) is 43.7 Å². The van der Waals surface area contributed by atoms with Gasteiger partial charge in [-0.25, -0.2) is 0 Å². The van der Waals surface area contributed by atoms with Gasteiger partial charge in [0.1, 0.15) is 0 Å². The molecule has 1 aromatic heterocycles. The van der Waals surface area contributed by atoms with Crippen molar-refractivity contribution in [2.75, 3.05) is 7.11 Å². The minimum Gasteiger partial charge on any atom is -0.377 e. The summed E-state index contributed by atoms with van der Waals surface area (Å²) in [6.45, 7) is 0. The van der Waals surface area contributed by atoms with Crippen LogP contribution in [0.5, 0.6) is 0 Å². The normalized spacial score (nSPS) is 26.7. The predicted molar refractivity (Wildman–Crippen MR) is 85.3 cm³/mol. The summed E-state index contributed by atoms with van der Waals surface area (Å²) >= 11 is 0. The number of aryl methyl sites for hydroxylation is 1. The molecule has 2 N–H and O–H groups in total. The van der Waals surface area contributed by atoms with Crippen LogP contribution in [0, 0.1) is 0 Å². The van der Waals surface area contributed by atoms with Gasteiger partial charge in [0.15, 0.2) is 0 Å². The Morgan fingerprint density at radius 2 is 2.00 bits per heavy atom. The minimum atomic E-state index is -0.146. The topological polar surface area (TPSA) is 48.1 Å². The second-order valence-electron chi connectivity index (χ2n) is 6.76. The number of nitrogens with two attached hydrogens (primary N) is 1. The van der Waals surface area contributed by atoms with Crippen LogP contribution in [0.3, 0.4) is 0 Å². The maximum absolute atomic E-state index is 6.79. The Bertz CT molecular complexity index is 466. The number of aromatic nitrogens is 1. The molecule has 2 aliphatic rings. The number of nitrogens with zero attached hydrogens (tertiary/aromatic N) is 1. The van der Waals surface area contributed by atoms with Gasteiger partial charge >= 0.3 is 0 Å². The van der Waals surface area contributed by atoms with E-state index in [1.807, 2.05) is 19.4 Å². The standard InChI is InChI=1S/C18H28N2O/c1-21-18(11-4-2-3-5-12-18)17(19)15-10-6-8-14-9-7-13-20-16(14)15/h7,9,13,15,17H,2-6,8,10-12,19H2,1H3. The molecule has 0 bridgehead atoms. The Balaban J connectivity index is 1.88. The third kappa shape index (κ3) is 2.86. The van der Waals surface area contributed by atoms with Gasteiger partial charge in [0.25, 0.3) is 0 Å². The Kier molecular flexibility index (Phi) is 4.60. The first-order chi connectivity index (χ1) is 10.3. The van der Waals surface area contributed by atoms with Gasteiger partial charge in [-0.2, -0.15) is 0 Å². The molecule has 1 saturated carbocycles. The molecular formula is C18H28N2O. The number of hydrogen-bond acceptors (Lipinski definition) is 3. The largest absolute Gasteiger partial charge is 0.377 e. The highest BCUT2D eigenvalue weighted by molar-refractivity contribution is 5.28. The predicted octanol–water partition coefficient (Wildman–Crippen LogP) is 3.57. The SMILES string of the molecule is COC1(C(N)C2CCCc3cccnc32)CCCCCC1. The molecule has 2 atom stereocenters. The second kappa shape index (κ2) is 6.45. The lowest BCUT2D eigenvalue weighted by Crippen LogP contribution is -2.53. The Labute approximate surface area is 128 Å². The lowest BCUT2D eigenvalue weighted by molar-refractivity contribution is -0.0510. The number of methoxy groups -OCH3 is 1. The lowest BCUT2D eigenvalue weighted by atomic mass is 9.73. The van der Waals surface area contributed by atoms with Crippen LogP contribution < -0.4 is 5.73 Å². The molecule has 0 aliphatic heterocycles. The Morgan fingerprint density at radius 1 is 1.24 bits per heavy atom. The number of pyridine rings is 1. The zero-order chi connectivity index (χ0) is 14.7. The summed E-state index contributed by atoms with van der Waals surface area (Å²) in [6, 6.07) is 4.33. The van der Waals surface area contributed by atoms with Crippen molar-refractivity contribution in [2.45, 2.75) is 75.3 Å². The zero-order valence-electron chi connectivity index (χ0n) is 13.2. The van der Waals surface area contributed by atoms with Crippen LogP contribution in [0.1, 0.15) is 68.5 Å². The van der Waals surface area contributed by atoms with E-state index in [0.717, 1.165) is 25.7 Å². The summed E-state index contributed by atoms with van der Waals surface area (Å²) < 4.78 is 6.04. The van der Waals surface area contributed by atoms with E-state index in [0.29, 0.717) is 5.92 Å². The summed E-state index contributed by atoms with van der Waals surface area (Å²) in [5.74, 6) is 0.355. The first-order valence-corrected chi connectivity index (χ1v) is 8.51. The summed E-state index contributed by atoms with van der Waals surface area (Å²) in [7, 11) is 1.85. The van der Waals surface area contributed by atoms with Crippen molar-refractivity contribution >= 4 is 0 Å². The Morgan fingerprint density at radius 3 is 2.71 bits per heavy atom. The number of rotatable bonds is 3. The number of fused-ring (bicyclic) bond motifs is 1. The molecule has 0 saturated heterocycles. The second-order valence-corrected chi connectivity index (χ2v) is 6.76. The van der Waals surface area contributed by atoms with E-state index in [1.54, 1.807) is 0 Å². The van der Waals surface area contributed by atoms with E-state index in [1.165, 1.54) is 43.4 Å². The van der Waals surface area contributed by atoms with Crippen molar-refractivity contribution in [3.05, 3.63) is 29.6 Å². The molecule has 1 aromatic rings. The average Bonchev–Trinajstić information content (AvgIpc) is 2.80. The van der Waals surface area contributed by atoms with Gasteiger partial charge in [0.05, 0.1) is 5.60 Å². The fourth-order valence-electron chi connectivity index (χ4n) is 4.36. The van der Waals surface area contributed by atoms with Crippen molar-refractivity contribution in [3.8, 4) is 0 Å². The first kappa shape index (κ1) is 15.0. The molecule has 2 aliphatic carbocycles. The summed E-state index contributed by atoms with van der Waals surface area (Å²) in [6.07, 6.45) is 12.7. The van der Waals surface area contributed by atoms with Crippen LogP contribution in [-0.2, 0) is 11.2 Å². The highest BCUT2D eigenvalue weighted by atomic mass is 16.5. The van der Waals surface area contributed by atoms with Gasteiger partial charge in [0, 0.05) is 31.0 Å². The Hall–Kier alpha value is -0.930. The van der Waals surface area contributed by atoms with Crippen molar-refractivity contribution in [1.29, 1.82) is 0 Å². The van der Waals surface area contributed by atoms with Crippen molar-refractivity contribution in [2.24, 2.45) is 5.73 Å². The van der Waals surface area contributed by atoms with Crippen LogP contribution in [-0.4, -0.2) is 23.7 Å². The van der Waals surface area contributed by atoms with Gasteiger partial charge in [-0.1, -0.05) is 31.7 Å². The van der Waals surface area contributed by atoms with Crippen LogP contribution in [0.25, 0.3) is 0 Å². The molecule has 1 heterocycles. The molecule has 0 spiro atoms. The maximum Gasteiger partial charge on any atom is 0.0835 e. The third-order valence-electron chi connectivity index (χ3n) is 5.64. The summed E-state index contributed by atoms with van der Waals surface area (Å²) in [5, 5.41) is 0. The zero-order valence-corrected chi connectivity index (χ0v) is 13.2. The van der Waals surface area contributed by atoms with Crippen LogP contribution >= 0.6 is 0 Å². The summed E-state index contributed by atoms with van der Waals surface area (Å²) in [4.78, 5) is 4.67. The van der Waals surface area contributed by atoms with Crippen LogP contribution in [0.15, 0.2) is 18.3 Å². The molecule has 116 valence electrons. The van der Waals surface area contributed by atoms with E-state index in [-0.39, 0.29) is 11.6 Å². The van der Waals surface area contributed by atoms with E-state index in [4.69, 9.17) is 10.5 Å². The fraction of sp³-hybridized carbons (Fsp3) is 0.722. The quantitative estimate of drug-likeness (QED) is 0.865. The van der Waals surface area contributed by atoms with E-state index in [2.05, 4.69) is 11.1 Å². The van der Waals surface area contributed by atoms with Gasteiger partial charge in [-0.3, -0.25) is 4.98 Å². The minimum absolute atomic E-state index is 0.0644. The number of ether oxygens (including phenoxy) is 1. The molecular weight excluding hydrogens is 260 g/mol. The van der Waals surface area contributed by atoms with Crippen molar-refractivity contribution < 1.29 is 4.74 Å². The fourth-order valence-corrected chi connectivity index (χ4v) is 4.36. The molecule has 1 fully saturated rings. The van der Waals surface area contributed by atoms with Crippen molar-refractivity contribution in [3.63, 3.8) is 0 Å². The van der Waals surface area contributed by atoms with Crippen molar-refractivity contribution in [1.82, 2.24) is 4.98 Å². The molecule has 0 aromatic carbocycles. The molecule has 3 nitrogen and oxygen atoms in total. The molecule has 21 heavy (non-hydrogen) atoms. The van der Waals surface area contributed by atoms with E-state index in [9.17, 15) is 0 Å². The smallest absolute Gasteiger partial charge is 0.0835 e. The monoisotopic (exact) mass is 288 g/mol. The van der Waals surface area contributed by atoms with Crippen LogP contribution in [0.2, 0.25) is 0 Å². The van der Waals surface area contributed by atoms with E-state index >= 15 is 0 Å². The van der Waals surface area contributed by atoms with E-state index < -0.39 is 0 Å². The maximum atomic E-state index is 6.79. The van der Waals surface area contributed by atoms with Gasteiger partial charge in [-0.15, -0.1) is 0 Å². The average molecular weight is 288 g/mol. The lowest BCUT2D eigenvalue weighted by Gasteiger charge is -2.42. The highest BCUT2D eigenvalue weighted by Gasteiger charge is 2.43. The molecule has 2 unspecified atom stereocenters. The molecule has 3 heteroatoms. The van der Waals surface area contributed by atoms with Gasteiger partial charge in [0.2, 0.25) is 0 Å². The molecule has 0 radical (unpaired) electrons. The molecule has 3 rings (SSSR count). The first-order valence-electron chi connectivity index (χ1n) is 8.51. The van der Waals surface area contributed by atoms with Gasteiger partial charge < -0.3 is 10.5 Å². The number of hydrogen-bond donors (Lipinski definition) is 1. The van der Waals surface area contributed by atoms with Crippen LogP contribution in [0.4, 0.5) is 0 Å². The third-order valence-corrected chi connectivity index (χ3v) is 5.64.